The van der Waals surface area contributed by atoms with Crippen LogP contribution in [0.5, 0.6) is 0 Å². The summed E-state index contributed by atoms with van der Waals surface area (Å²) in [5.74, 6) is -1.46. The smallest absolute Gasteiger partial charge is 0.407 e. The summed E-state index contributed by atoms with van der Waals surface area (Å²) < 4.78 is 10.4. The number of methoxy groups -OCH3 is 1. The monoisotopic (exact) mass is 482 g/mol. The van der Waals surface area contributed by atoms with Crippen molar-refractivity contribution in [2.45, 2.75) is 45.1 Å². The molecule has 0 unspecified atom stereocenters. The Balaban J connectivity index is 1.42. The third-order valence-corrected chi connectivity index (χ3v) is 6.41. The zero-order valence-corrected chi connectivity index (χ0v) is 20.5. The normalized spacial score (nSPS) is 13.5. The third-order valence-electron chi connectivity index (χ3n) is 6.41. The first-order chi connectivity index (χ1) is 16.7. The Morgan fingerprint density at radius 3 is 2.17 bits per heavy atom. The second-order valence-electron chi connectivity index (χ2n) is 9.58. The summed E-state index contributed by atoms with van der Waals surface area (Å²) in [6.07, 6.45) is 0.908. The van der Waals surface area contributed by atoms with Gasteiger partial charge in [-0.15, -0.1) is 0 Å². The first-order valence-electron chi connectivity index (χ1n) is 11.8. The van der Waals surface area contributed by atoms with Crippen molar-refractivity contribution in [3.8, 4) is 11.1 Å². The molecule has 3 N–H and O–H groups in total. The number of carbonyl (C=O) groups excluding carboxylic acids is 2. The van der Waals surface area contributed by atoms with Gasteiger partial charge in [-0.3, -0.25) is 4.79 Å². The summed E-state index contributed by atoms with van der Waals surface area (Å²) in [5.41, 5.74) is 4.46. The Morgan fingerprint density at radius 2 is 1.60 bits per heavy atom. The fourth-order valence-corrected chi connectivity index (χ4v) is 4.34. The zero-order valence-electron chi connectivity index (χ0n) is 20.5. The highest BCUT2D eigenvalue weighted by Gasteiger charge is 2.29. The van der Waals surface area contributed by atoms with Gasteiger partial charge in [-0.05, 0) is 40.5 Å². The lowest BCUT2D eigenvalue weighted by atomic mass is 9.84. The molecule has 2 amide bonds. The van der Waals surface area contributed by atoms with E-state index in [0.717, 1.165) is 11.1 Å². The van der Waals surface area contributed by atoms with Gasteiger partial charge in [0.2, 0.25) is 5.91 Å². The number of alkyl carbamates (subject to hydrolysis) is 1. The largest absolute Gasteiger partial charge is 0.480 e. The average Bonchev–Trinajstić information content (AvgIpc) is 3.15. The topological polar surface area (TPSA) is 114 Å². The fraction of sp³-hybridized carbons (Fsp3) is 0.444. The third kappa shape index (κ3) is 7.05. The second kappa shape index (κ2) is 11.8. The van der Waals surface area contributed by atoms with Gasteiger partial charge in [-0.2, -0.15) is 0 Å². The van der Waals surface area contributed by atoms with Gasteiger partial charge in [0.05, 0.1) is 6.61 Å². The van der Waals surface area contributed by atoms with Crippen LogP contribution in [0.15, 0.2) is 48.5 Å². The molecule has 3 rings (SSSR count). The number of hydrogen-bond acceptors (Lipinski definition) is 5. The van der Waals surface area contributed by atoms with E-state index in [1.54, 1.807) is 0 Å². The van der Waals surface area contributed by atoms with Crippen LogP contribution in [0, 0.1) is 5.41 Å². The number of carbonyl (C=O) groups is 3. The quantitative estimate of drug-likeness (QED) is 0.422. The van der Waals surface area contributed by atoms with Crippen molar-refractivity contribution in [3.05, 3.63) is 59.7 Å². The molecule has 0 saturated carbocycles. The number of benzene rings is 2. The van der Waals surface area contributed by atoms with Gasteiger partial charge in [0.15, 0.2) is 6.04 Å². The van der Waals surface area contributed by atoms with Crippen molar-refractivity contribution < 1.29 is 29.0 Å². The lowest BCUT2D eigenvalue weighted by Crippen LogP contribution is -2.44. The van der Waals surface area contributed by atoms with Crippen LogP contribution in [-0.4, -0.2) is 56.0 Å². The molecule has 188 valence electrons. The SMILES string of the molecule is COC[C@H](NC(=O)CCC(C)(C)CCNC(=O)OCC1c2ccccc2-c2ccccc21)C(=O)O. The molecule has 0 aliphatic heterocycles. The Morgan fingerprint density at radius 1 is 1.00 bits per heavy atom. The van der Waals surface area contributed by atoms with Gasteiger partial charge in [-0.1, -0.05) is 62.4 Å². The molecular formula is C27H34N2O6. The molecule has 1 atom stereocenters. The number of ether oxygens (including phenoxy) is 2. The van der Waals surface area contributed by atoms with Crippen LogP contribution >= 0.6 is 0 Å². The lowest BCUT2D eigenvalue weighted by molar-refractivity contribution is -0.143. The predicted octanol–water partition coefficient (Wildman–Crippen LogP) is 3.94. The number of aliphatic carboxylic acids is 1. The minimum Gasteiger partial charge on any atom is -0.480 e. The maximum atomic E-state index is 12.4. The van der Waals surface area contributed by atoms with E-state index >= 15 is 0 Å². The van der Waals surface area contributed by atoms with E-state index in [1.165, 1.54) is 18.2 Å². The van der Waals surface area contributed by atoms with Crippen molar-refractivity contribution in [1.29, 1.82) is 0 Å². The molecule has 8 heteroatoms. The molecule has 0 saturated heterocycles. The van der Waals surface area contributed by atoms with Crippen LogP contribution < -0.4 is 10.6 Å². The van der Waals surface area contributed by atoms with Crippen LogP contribution in [0.25, 0.3) is 11.1 Å². The van der Waals surface area contributed by atoms with E-state index < -0.39 is 18.1 Å². The van der Waals surface area contributed by atoms with E-state index in [-0.39, 0.29) is 36.9 Å². The number of nitrogens with one attached hydrogen (secondary N) is 2. The van der Waals surface area contributed by atoms with Gasteiger partial charge >= 0.3 is 12.1 Å². The number of amides is 2. The van der Waals surface area contributed by atoms with E-state index in [1.807, 2.05) is 38.1 Å². The van der Waals surface area contributed by atoms with Crippen LogP contribution in [0.3, 0.4) is 0 Å². The highest BCUT2D eigenvalue weighted by Crippen LogP contribution is 2.44. The summed E-state index contributed by atoms with van der Waals surface area (Å²) in [6, 6.07) is 15.3. The van der Waals surface area contributed by atoms with Crippen LogP contribution in [0.1, 0.15) is 50.2 Å². The second-order valence-corrected chi connectivity index (χ2v) is 9.58. The summed E-state index contributed by atoms with van der Waals surface area (Å²) in [4.78, 5) is 35.6. The molecule has 35 heavy (non-hydrogen) atoms. The van der Waals surface area contributed by atoms with Crippen molar-refractivity contribution in [2.75, 3.05) is 26.9 Å². The fourth-order valence-electron chi connectivity index (χ4n) is 4.34. The van der Waals surface area contributed by atoms with E-state index in [4.69, 9.17) is 14.6 Å². The van der Waals surface area contributed by atoms with Gasteiger partial charge < -0.3 is 25.2 Å². The number of carboxylic acids is 1. The van der Waals surface area contributed by atoms with Gasteiger partial charge in [0.25, 0.3) is 0 Å². The molecule has 0 heterocycles. The van der Waals surface area contributed by atoms with Gasteiger partial charge in [-0.25, -0.2) is 9.59 Å². The Hall–Kier alpha value is -3.39. The van der Waals surface area contributed by atoms with Crippen molar-refractivity contribution in [2.24, 2.45) is 5.41 Å². The molecular weight excluding hydrogens is 448 g/mol. The molecule has 0 bridgehead atoms. The van der Waals surface area contributed by atoms with Crippen molar-refractivity contribution in [3.63, 3.8) is 0 Å². The molecule has 2 aromatic rings. The minimum absolute atomic E-state index is 0.0100. The predicted molar refractivity (Wildman–Crippen MR) is 132 cm³/mol. The number of rotatable bonds is 12. The van der Waals surface area contributed by atoms with E-state index in [2.05, 4.69) is 34.9 Å². The van der Waals surface area contributed by atoms with E-state index in [0.29, 0.717) is 19.4 Å². The molecule has 0 spiro atoms. The summed E-state index contributed by atoms with van der Waals surface area (Å²) in [7, 11) is 1.38. The van der Waals surface area contributed by atoms with Crippen LogP contribution in [0.2, 0.25) is 0 Å². The standard InChI is InChI=1S/C27H34N2O6/c1-27(2,13-12-24(30)29-23(17-34-3)25(31)32)14-15-28-26(33)35-16-22-20-10-6-4-8-18(20)19-9-5-7-11-21(19)22/h4-11,22-23H,12-17H2,1-3H3,(H,28,33)(H,29,30)(H,31,32)/t23-/m0/s1. The summed E-state index contributed by atoms with van der Waals surface area (Å²) in [6.45, 7) is 4.59. The average molecular weight is 483 g/mol. The maximum Gasteiger partial charge on any atom is 0.407 e. The number of hydrogen-bond donors (Lipinski definition) is 3. The molecule has 0 aromatic heterocycles. The van der Waals surface area contributed by atoms with E-state index in [9.17, 15) is 14.4 Å². The van der Waals surface area contributed by atoms with Crippen LogP contribution in [0.4, 0.5) is 4.79 Å². The first-order valence-corrected chi connectivity index (χ1v) is 11.8. The highest BCUT2D eigenvalue weighted by molar-refractivity contribution is 5.83. The Bertz CT molecular complexity index is 1010. The zero-order chi connectivity index (χ0) is 25.4. The summed E-state index contributed by atoms with van der Waals surface area (Å²) >= 11 is 0. The highest BCUT2D eigenvalue weighted by atomic mass is 16.5. The molecule has 0 fully saturated rings. The van der Waals surface area contributed by atoms with Gasteiger partial charge in [0.1, 0.15) is 6.61 Å². The molecule has 0 radical (unpaired) electrons. The summed E-state index contributed by atoms with van der Waals surface area (Å²) in [5, 5.41) is 14.4. The first kappa shape index (κ1) is 26.2. The van der Waals surface area contributed by atoms with Gasteiger partial charge in [0, 0.05) is 26.0 Å². The van der Waals surface area contributed by atoms with Crippen molar-refractivity contribution in [1.82, 2.24) is 10.6 Å². The van der Waals surface area contributed by atoms with Crippen LogP contribution in [-0.2, 0) is 19.1 Å². The minimum atomic E-state index is -1.13. The molecule has 2 aromatic carbocycles. The Labute approximate surface area is 206 Å². The molecule has 1 aliphatic carbocycles. The Kier molecular flexibility index (Phi) is 8.87. The molecule has 8 nitrogen and oxygen atoms in total. The molecule has 1 aliphatic rings. The van der Waals surface area contributed by atoms with Crippen molar-refractivity contribution >= 4 is 18.0 Å². The maximum absolute atomic E-state index is 12.4. The number of carboxylic acid groups (broad SMARTS) is 1. The number of fused-ring (bicyclic) bond motifs is 3. The lowest BCUT2D eigenvalue weighted by Gasteiger charge is -2.25.